The SMILES string of the molecule is O=[N+]([O-])c1cnc2c(c1)B(O)OC2. The van der Waals surface area contributed by atoms with Crippen molar-refractivity contribution in [1.82, 2.24) is 4.98 Å². The predicted octanol–water partition coefficient (Wildman–Crippen LogP) is -0.793. The van der Waals surface area contributed by atoms with Gasteiger partial charge in [0.25, 0.3) is 5.69 Å². The molecular weight excluding hydrogens is 175 g/mol. The fourth-order valence-corrected chi connectivity index (χ4v) is 1.18. The summed E-state index contributed by atoms with van der Waals surface area (Å²) in [6.07, 6.45) is 1.15. The third-order valence-electron chi connectivity index (χ3n) is 1.84. The van der Waals surface area contributed by atoms with Crippen LogP contribution in [0.5, 0.6) is 0 Å². The van der Waals surface area contributed by atoms with E-state index in [0.717, 1.165) is 6.20 Å². The molecule has 2 rings (SSSR count). The molecule has 0 radical (unpaired) electrons. The highest BCUT2D eigenvalue weighted by Crippen LogP contribution is 2.12. The second-order valence-corrected chi connectivity index (χ2v) is 2.65. The fourth-order valence-electron chi connectivity index (χ4n) is 1.18. The lowest BCUT2D eigenvalue weighted by molar-refractivity contribution is -0.385. The monoisotopic (exact) mass is 180 g/mol. The maximum absolute atomic E-state index is 10.4. The van der Waals surface area contributed by atoms with Gasteiger partial charge in [-0.05, 0) is 0 Å². The van der Waals surface area contributed by atoms with Gasteiger partial charge in [0, 0.05) is 11.5 Å². The molecule has 1 aliphatic heterocycles. The molecule has 0 saturated carbocycles. The number of hydrogen-bond donors (Lipinski definition) is 1. The van der Waals surface area contributed by atoms with Gasteiger partial charge in [-0.15, -0.1) is 0 Å². The minimum atomic E-state index is -1.08. The first kappa shape index (κ1) is 8.15. The van der Waals surface area contributed by atoms with Gasteiger partial charge in [0.05, 0.1) is 17.2 Å². The number of fused-ring (bicyclic) bond motifs is 1. The second-order valence-electron chi connectivity index (χ2n) is 2.65. The molecule has 2 heterocycles. The highest BCUT2D eigenvalue weighted by atomic mass is 16.6. The van der Waals surface area contributed by atoms with Gasteiger partial charge in [0.2, 0.25) is 0 Å². The number of rotatable bonds is 1. The molecule has 7 heteroatoms. The lowest BCUT2D eigenvalue weighted by Gasteiger charge is -1.95. The van der Waals surface area contributed by atoms with Crippen molar-refractivity contribution in [2.75, 3.05) is 0 Å². The molecule has 66 valence electrons. The van der Waals surface area contributed by atoms with Gasteiger partial charge in [0.1, 0.15) is 6.20 Å². The highest BCUT2D eigenvalue weighted by molar-refractivity contribution is 6.61. The van der Waals surface area contributed by atoms with E-state index in [1.165, 1.54) is 6.07 Å². The minimum Gasteiger partial charge on any atom is -0.423 e. The topological polar surface area (TPSA) is 85.5 Å². The van der Waals surface area contributed by atoms with Gasteiger partial charge in [-0.2, -0.15) is 0 Å². The molecule has 13 heavy (non-hydrogen) atoms. The quantitative estimate of drug-likeness (QED) is 0.347. The average Bonchev–Trinajstić information content (AvgIpc) is 2.47. The molecule has 0 saturated heterocycles. The van der Waals surface area contributed by atoms with Crippen molar-refractivity contribution in [2.45, 2.75) is 6.61 Å². The Kier molecular flexibility index (Phi) is 1.75. The van der Waals surface area contributed by atoms with Crippen molar-refractivity contribution < 1.29 is 14.6 Å². The number of nitro groups is 1. The van der Waals surface area contributed by atoms with Crippen molar-refractivity contribution in [2.24, 2.45) is 0 Å². The molecule has 0 atom stereocenters. The second kappa shape index (κ2) is 2.79. The molecule has 0 unspecified atom stereocenters. The molecule has 0 fully saturated rings. The Morgan fingerprint density at radius 3 is 3.23 bits per heavy atom. The summed E-state index contributed by atoms with van der Waals surface area (Å²) < 4.78 is 4.83. The molecular formula is C6H5BN2O4. The first-order chi connectivity index (χ1) is 6.18. The van der Waals surface area contributed by atoms with Crippen LogP contribution in [0.4, 0.5) is 5.69 Å². The molecule has 1 aliphatic rings. The van der Waals surface area contributed by atoms with Crippen LogP contribution in [0.25, 0.3) is 0 Å². The van der Waals surface area contributed by atoms with Gasteiger partial charge in [-0.25, -0.2) is 0 Å². The van der Waals surface area contributed by atoms with Crippen molar-refractivity contribution in [3.05, 3.63) is 28.1 Å². The lowest BCUT2D eigenvalue weighted by atomic mass is 9.81. The van der Waals surface area contributed by atoms with E-state index in [2.05, 4.69) is 4.98 Å². The normalized spacial score (nSPS) is 14.4. The summed E-state index contributed by atoms with van der Waals surface area (Å²) in [7, 11) is -1.08. The molecule has 1 N–H and O–H groups in total. The predicted molar refractivity (Wildman–Crippen MR) is 43.3 cm³/mol. The molecule has 0 spiro atoms. The van der Waals surface area contributed by atoms with Crippen LogP contribution >= 0.6 is 0 Å². The van der Waals surface area contributed by atoms with E-state index in [1.807, 2.05) is 0 Å². The first-order valence-electron chi connectivity index (χ1n) is 3.61. The Morgan fingerprint density at radius 1 is 1.77 bits per heavy atom. The van der Waals surface area contributed by atoms with E-state index in [9.17, 15) is 15.1 Å². The molecule has 1 aromatic rings. The minimum absolute atomic E-state index is 0.136. The largest absolute Gasteiger partial charge is 0.493 e. The standard InChI is InChI=1S/C6H5BN2O4/c10-7-5-1-4(9(11)12)2-8-6(5)3-13-7/h1-2,10H,3H2. The van der Waals surface area contributed by atoms with Gasteiger partial charge < -0.3 is 9.68 Å². The Bertz CT molecular complexity index is 370. The molecule has 0 amide bonds. The zero-order chi connectivity index (χ0) is 9.42. The van der Waals surface area contributed by atoms with Crippen LogP contribution in [0.15, 0.2) is 12.3 Å². The Balaban J connectivity index is 2.47. The fraction of sp³-hybridized carbons (Fsp3) is 0.167. The van der Waals surface area contributed by atoms with Crippen LogP contribution < -0.4 is 5.46 Å². The summed E-state index contributed by atoms with van der Waals surface area (Å²) in [5, 5.41) is 19.6. The van der Waals surface area contributed by atoms with Crippen LogP contribution in [0.2, 0.25) is 0 Å². The first-order valence-corrected chi connectivity index (χ1v) is 3.61. The number of nitrogens with zero attached hydrogens (tertiary/aromatic N) is 2. The maximum atomic E-state index is 10.4. The van der Waals surface area contributed by atoms with Crippen LogP contribution in [-0.2, 0) is 11.3 Å². The summed E-state index contributed by atoms with van der Waals surface area (Å²) in [4.78, 5) is 13.6. The maximum Gasteiger partial charge on any atom is 0.493 e. The van der Waals surface area contributed by atoms with E-state index >= 15 is 0 Å². The van der Waals surface area contributed by atoms with Gasteiger partial charge in [0.15, 0.2) is 0 Å². The average molecular weight is 180 g/mol. The molecule has 1 aromatic heterocycles. The molecule has 6 nitrogen and oxygen atoms in total. The van der Waals surface area contributed by atoms with Crippen molar-refractivity contribution in [3.8, 4) is 0 Å². The Morgan fingerprint density at radius 2 is 2.54 bits per heavy atom. The van der Waals surface area contributed by atoms with E-state index in [-0.39, 0.29) is 12.3 Å². The molecule has 0 aromatic carbocycles. The summed E-state index contributed by atoms with van der Waals surface area (Å²) in [6, 6.07) is 1.28. The van der Waals surface area contributed by atoms with E-state index in [0.29, 0.717) is 11.2 Å². The summed E-state index contributed by atoms with van der Waals surface area (Å²) in [6.45, 7) is 0.203. The smallest absolute Gasteiger partial charge is 0.423 e. The van der Waals surface area contributed by atoms with Crippen molar-refractivity contribution in [1.29, 1.82) is 0 Å². The van der Waals surface area contributed by atoms with Crippen molar-refractivity contribution >= 4 is 18.3 Å². The van der Waals surface area contributed by atoms with Crippen LogP contribution in [0, 0.1) is 10.1 Å². The summed E-state index contributed by atoms with van der Waals surface area (Å²) in [5.74, 6) is 0. The highest BCUT2D eigenvalue weighted by Gasteiger charge is 2.30. The number of pyridine rings is 1. The number of aromatic nitrogens is 1. The van der Waals surface area contributed by atoms with Crippen LogP contribution in [-0.4, -0.2) is 22.0 Å². The Labute approximate surface area is 73.5 Å². The van der Waals surface area contributed by atoms with Gasteiger partial charge in [-0.1, -0.05) is 0 Å². The van der Waals surface area contributed by atoms with E-state index in [4.69, 9.17) is 4.65 Å². The van der Waals surface area contributed by atoms with Crippen LogP contribution in [0.3, 0.4) is 0 Å². The van der Waals surface area contributed by atoms with Gasteiger partial charge in [-0.3, -0.25) is 15.1 Å². The van der Waals surface area contributed by atoms with Gasteiger partial charge >= 0.3 is 7.12 Å². The van der Waals surface area contributed by atoms with Crippen LogP contribution in [0.1, 0.15) is 5.69 Å². The summed E-state index contributed by atoms with van der Waals surface area (Å²) >= 11 is 0. The third-order valence-corrected chi connectivity index (χ3v) is 1.84. The van der Waals surface area contributed by atoms with E-state index in [1.54, 1.807) is 0 Å². The zero-order valence-electron chi connectivity index (χ0n) is 6.51. The third kappa shape index (κ3) is 1.27. The lowest BCUT2D eigenvalue weighted by Crippen LogP contribution is -2.28. The van der Waals surface area contributed by atoms with E-state index < -0.39 is 12.0 Å². The Hall–Kier alpha value is -1.47. The van der Waals surface area contributed by atoms with Crippen molar-refractivity contribution in [3.63, 3.8) is 0 Å². The zero-order valence-corrected chi connectivity index (χ0v) is 6.51. The molecule has 0 aliphatic carbocycles. The number of hydrogen-bond acceptors (Lipinski definition) is 5. The molecule has 0 bridgehead atoms. The summed E-state index contributed by atoms with van der Waals surface area (Å²) in [5.41, 5.74) is 0.801.